The second-order valence-electron chi connectivity index (χ2n) is 9.44. The molecule has 1 saturated carbocycles. The summed E-state index contributed by atoms with van der Waals surface area (Å²) < 4.78 is 11.0. The zero-order valence-corrected chi connectivity index (χ0v) is 19.6. The molecule has 1 unspecified atom stereocenters. The van der Waals surface area contributed by atoms with Crippen LogP contribution in [0.15, 0.2) is 29.3 Å². The normalized spacial score (nSPS) is 23.9. The molecule has 2 saturated heterocycles. The molecule has 7 heteroatoms. The number of nitrogens with one attached hydrogen (secondary N) is 2. The molecule has 2 heterocycles. The summed E-state index contributed by atoms with van der Waals surface area (Å²) in [5, 5.41) is 7.14. The molecule has 1 aromatic carbocycles. The van der Waals surface area contributed by atoms with Gasteiger partial charge < -0.3 is 25.0 Å². The number of amides is 1. The molecule has 1 amide bonds. The Labute approximate surface area is 191 Å². The van der Waals surface area contributed by atoms with E-state index in [-0.39, 0.29) is 17.4 Å². The number of methoxy groups -OCH3 is 1. The van der Waals surface area contributed by atoms with Gasteiger partial charge in [0.25, 0.3) is 0 Å². The summed E-state index contributed by atoms with van der Waals surface area (Å²) >= 11 is 0. The Morgan fingerprint density at radius 3 is 2.56 bits per heavy atom. The van der Waals surface area contributed by atoms with Crippen molar-refractivity contribution in [1.82, 2.24) is 15.5 Å². The van der Waals surface area contributed by atoms with Gasteiger partial charge in [-0.1, -0.05) is 25.0 Å². The van der Waals surface area contributed by atoms with Crippen LogP contribution in [-0.2, 0) is 14.9 Å². The number of benzene rings is 1. The largest absolute Gasteiger partial charge is 0.497 e. The second kappa shape index (κ2) is 10.6. The van der Waals surface area contributed by atoms with Gasteiger partial charge in [-0.2, -0.15) is 0 Å². The molecule has 1 atom stereocenters. The van der Waals surface area contributed by atoms with Gasteiger partial charge in [-0.3, -0.25) is 9.79 Å². The number of aliphatic imine (C=N–C) groups is 1. The molecule has 0 aromatic heterocycles. The standard InChI is InChI=1S/C25H38N4O3/c1-26-24(28-21-11-14-29(17-21)23(30)19-5-3-4-6-19)27-18-25(12-15-32-16-13-25)20-7-9-22(31-2)10-8-20/h7-10,19,21H,3-6,11-18H2,1-2H3,(H2,26,27,28). The van der Waals surface area contributed by atoms with Crippen molar-refractivity contribution in [1.29, 1.82) is 0 Å². The molecular weight excluding hydrogens is 404 g/mol. The lowest BCUT2D eigenvalue weighted by molar-refractivity contribution is -0.134. The zero-order valence-electron chi connectivity index (χ0n) is 19.6. The lowest BCUT2D eigenvalue weighted by atomic mass is 9.74. The summed E-state index contributed by atoms with van der Waals surface area (Å²) in [4.78, 5) is 19.3. The summed E-state index contributed by atoms with van der Waals surface area (Å²) in [6, 6.07) is 8.66. The molecule has 1 aromatic rings. The number of carbonyl (C=O) groups is 1. The molecule has 3 aliphatic rings. The minimum Gasteiger partial charge on any atom is -0.497 e. The predicted molar refractivity (Wildman–Crippen MR) is 126 cm³/mol. The maximum Gasteiger partial charge on any atom is 0.225 e. The van der Waals surface area contributed by atoms with Gasteiger partial charge in [0.2, 0.25) is 5.91 Å². The first-order valence-corrected chi connectivity index (χ1v) is 12.1. The number of ether oxygens (including phenoxy) is 2. The average molecular weight is 443 g/mol. The van der Waals surface area contributed by atoms with E-state index in [4.69, 9.17) is 9.47 Å². The molecular formula is C25H38N4O3. The highest BCUT2D eigenvalue weighted by molar-refractivity contribution is 5.81. The molecule has 32 heavy (non-hydrogen) atoms. The minimum absolute atomic E-state index is 0.00227. The quantitative estimate of drug-likeness (QED) is 0.523. The van der Waals surface area contributed by atoms with Gasteiger partial charge in [-0.25, -0.2) is 0 Å². The fourth-order valence-electron chi connectivity index (χ4n) is 5.42. The Morgan fingerprint density at radius 1 is 1.19 bits per heavy atom. The number of hydrogen-bond acceptors (Lipinski definition) is 4. The van der Waals surface area contributed by atoms with Crippen LogP contribution in [0, 0.1) is 5.92 Å². The highest BCUT2D eigenvalue weighted by Gasteiger charge is 2.36. The third kappa shape index (κ3) is 5.20. The van der Waals surface area contributed by atoms with Crippen LogP contribution in [0.5, 0.6) is 5.75 Å². The van der Waals surface area contributed by atoms with E-state index in [1.165, 1.54) is 18.4 Å². The number of hydrogen-bond donors (Lipinski definition) is 2. The van der Waals surface area contributed by atoms with Crippen molar-refractivity contribution in [3.05, 3.63) is 29.8 Å². The summed E-state index contributed by atoms with van der Waals surface area (Å²) in [6.07, 6.45) is 7.43. The molecule has 2 N–H and O–H groups in total. The summed E-state index contributed by atoms with van der Waals surface area (Å²) in [7, 11) is 3.51. The molecule has 3 fully saturated rings. The van der Waals surface area contributed by atoms with Crippen molar-refractivity contribution in [2.24, 2.45) is 10.9 Å². The second-order valence-corrected chi connectivity index (χ2v) is 9.44. The third-order valence-corrected chi connectivity index (χ3v) is 7.52. The zero-order chi connectivity index (χ0) is 22.4. The fraction of sp³-hybridized carbons (Fsp3) is 0.680. The Balaban J connectivity index is 1.34. The lowest BCUT2D eigenvalue weighted by Crippen LogP contribution is -2.50. The van der Waals surface area contributed by atoms with Crippen molar-refractivity contribution in [2.75, 3.05) is 47.0 Å². The van der Waals surface area contributed by atoms with E-state index in [1.54, 1.807) is 7.11 Å². The number of guanidine groups is 1. The van der Waals surface area contributed by atoms with Gasteiger partial charge in [0.15, 0.2) is 5.96 Å². The smallest absolute Gasteiger partial charge is 0.225 e. The van der Waals surface area contributed by atoms with Crippen molar-refractivity contribution < 1.29 is 14.3 Å². The molecule has 7 nitrogen and oxygen atoms in total. The summed E-state index contributed by atoms with van der Waals surface area (Å²) in [5.41, 5.74) is 1.31. The third-order valence-electron chi connectivity index (χ3n) is 7.52. The SMILES string of the molecule is CN=C(NCC1(c2ccc(OC)cc2)CCOCC1)NC1CCN(C(=O)C2CCCC2)C1. The molecule has 1 aliphatic carbocycles. The molecule has 0 spiro atoms. The first-order chi connectivity index (χ1) is 15.6. The van der Waals surface area contributed by atoms with Crippen LogP contribution in [0.2, 0.25) is 0 Å². The number of likely N-dealkylation sites (tertiary alicyclic amines) is 1. The van der Waals surface area contributed by atoms with Gasteiger partial charge in [-0.15, -0.1) is 0 Å². The van der Waals surface area contributed by atoms with E-state index >= 15 is 0 Å². The lowest BCUT2D eigenvalue weighted by Gasteiger charge is -2.38. The van der Waals surface area contributed by atoms with Gasteiger partial charge in [0.05, 0.1) is 7.11 Å². The van der Waals surface area contributed by atoms with Crippen molar-refractivity contribution in [3.8, 4) is 5.75 Å². The van der Waals surface area contributed by atoms with Gasteiger partial charge in [0, 0.05) is 57.3 Å². The molecule has 4 rings (SSSR count). The Hall–Kier alpha value is -2.28. The van der Waals surface area contributed by atoms with E-state index < -0.39 is 0 Å². The molecule has 176 valence electrons. The van der Waals surface area contributed by atoms with Crippen molar-refractivity contribution >= 4 is 11.9 Å². The topological polar surface area (TPSA) is 75.2 Å². The van der Waals surface area contributed by atoms with E-state index in [1.807, 2.05) is 19.2 Å². The maximum absolute atomic E-state index is 12.8. The number of rotatable bonds is 6. The highest BCUT2D eigenvalue weighted by Crippen LogP contribution is 2.35. The van der Waals surface area contributed by atoms with Gasteiger partial charge in [0.1, 0.15) is 5.75 Å². The van der Waals surface area contributed by atoms with Crippen LogP contribution in [0.25, 0.3) is 0 Å². The van der Waals surface area contributed by atoms with E-state index in [0.29, 0.717) is 5.91 Å². The molecule has 0 radical (unpaired) electrons. The Morgan fingerprint density at radius 2 is 1.91 bits per heavy atom. The average Bonchev–Trinajstić information content (AvgIpc) is 3.54. The Bertz CT molecular complexity index is 783. The monoisotopic (exact) mass is 442 g/mol. The van der Waals surface area contributed by atoms with Crippen LogP contribution in [0.4, 0.5) is 0 Å². The minimum atomic E-state index is 0.00227. The maximum atomic E-state index is 12.8. The van der Waals surface area contributed by atoms with E-state index in [9.17, 15) is 4.79 Å². The molecule has 2 aliphatic heterocycles. The van der Waals surface area contributed by atoms with Crippen LogP contribution in [0.1, 0.15) is 50.5 Å². The summed E-state index contributed by atoms with van der Waals surface area (Å²) in [5.74, 6) is 2.29. The van der Waals surface area contributed by atoms with Crippen molar-refractivity contribution in [3.63, 3.8) is 0 Å². The number of carbonyl (C=O) groups excluding carboxylic acids is 1. The van der Waals surface area contributed by atoms with Crippen molar-refractivity contribution in [2.45, 2.75) is 56.4 Å². The van der Waals surface area contributed by atoms with Crippen LogP contribution >= 0.6 is 0 Å². The van der Waals surface area contributed by atoms with Gasteiger partial charge in [-0.05, 0) is 49.8 Å². The van der Waals surface area contributed by atoms with Crippen LogP contribution in [-0.4, -0.2) is 69.8 Å². The fourth-order valence-corrected chi connectivity index (χ4v) is 5.42. The molecule has 0 bridgehead atoms. The van der Waals surface area contributed by atoms with Crippen LogP contribution in [0.3, 0.4) is 0 Å². The number of nitrogens with zero attached hydrogens (tertiary/aromatic N) is 2. The van der Waals surface area contributed by atoms with Crippen LogP contribution < -0.4 is 15.4 Å². The highest BCUT2D eigenvalue weighted by atomic mass is 16.5. The first-order valence-electron chi connectivity index (χ1n) is 12.1. The van der Waals surface area contributed by atoms with Gasteiger partial charge >= 0.3 is 0 Å². The van der Waals surface area contributed by atoms with E-state index in [2.05, 4.69) is 32.7 Å². The Kier molecular flexibility index (Phi) is 7.55. The first kappa shape index (κ1) is 22.9. The van der Waals surface area contributed by atoms with E-state index in [0.717, 1.165) is 76.7 Å². The summed E-state index contributed by atoms with van der Waals surface area (Å²) in [6.45, 7) is 3.94. The predicted octanol–water partition coefficient (Wildman–Crippen LogP) is 2.70.